The van der Waals surface area contributed by atoms with Gasteiger partial charge in [-0.3, -0.25) is 9.59 Å². The van der Waals surface area contributed by atoms with Gasteiger partial charge in [-0.2, -0.15) is 0 Å². The summed E-state index contributed by atoms with van der Waals surface area (Å²) in [6.45, 7) is 9.75. The molecule has 0 heterocycles. The van der Waals surface area contributed by atoms with Gasteiger partial charge in [-0.1, -0.05) is 45.9 Å². The van der Waals surface area contributed by atoms with E-state index in [4.69, 9.17) is 4.74 Å². The quantitative estimate of drug-likeness (QED) is 0.773. The summed E-state index contributed by atoms with van der Waals surface area (Å²) in [5.41, 5.74) is 0. The van der Waals surface area contributed by atoms with Crippen molar-refractivity contribution < 1.29 is 14.3 Å². The number of hydrogen-bond donors (Lipinski definition) is 2. The van der Waals surface area contributed by atoms with Crippen molar-refractivity contribution in [1.82, 2.24) is 10.6 Å². The zero-order valence-corrected chi connectivity index (χ0v) is 14.6. The van der Waals surface area contributed by atoms with Crippen molar-refractivity contribution in [2.24, 2.45) is 11.8 Å². The summed E-state index contributed by atoms with van der Waals surface area (Å²) < 4.78 is 5.40. The fourth-order valence-electron chi connectivity index (χ4n) is 1.90. The largest absolute Gasteiger partial charge is 0.484 e. The Morgan fingerprint density at radius 2 is 1.57 bits per heavy atom. The minimum atomic E-state index is -0.567. The predicted octanol–water partition coefficient (Wildman–Crippen LogP) is 2.37. The van der Waals surface area contributed by atoms with E-state index < -0.39 is 6.04 Å². The minimum Gasteiger partial charge on any atom is -0.484 e. The second kappa shape index (κ2) is 9.18. The van der Waals surface area contributed by atoms with Crippen molar-refractivity contribution in [1.29, 1.82) is 0 Å². The van der Waals surface area contributed by atoms with Crippen LogP contribution in [0.5, 0.6) is 5.75 Å². The lowest BCUT2D eigenvalue weighted by atomic mass is 10.0. The normalized spacial score (nSPS) is 13.5. The maximum atomic E-state index is 12.3. The second-order valence-electron chi connectivity index (χ2n) is 6.43. The number of ether oxygens (including phenoxy) is 1. The first-order valence-electron chi connectivity index (χ1n) is 8.08. The molecule has 0 spiro atoms. The summed E-state index contributed by atoms with van der Waals surface area (Å²) in [6, 6.07) is 8.61. The van der Waals surface area contributed by atoms with Gasteiger partial charge in [-0.05, 0) is 30.9 Å². The standard InChI is InChI=1S/C18H28N2O3/c1-12(2)14(5)19-18(22)17(13(3)4)20-16(21)11-23-15-9-7-6-8-10-15/h6-10,12-14,17H,11H2,1-5H3,(H,19,22)(H,20,21). The first-order chi connectivity index (χ1) is 10.8. The van der Waals surface area contributed by atoms with Gasteiger partial charge in [0.1, 0.15) is 11.8 Å². The molecule has 5 heteroatoms. The SMILES string of the molecule is CC(C)C(C)NC(=O)C(NC(=O)COc1ccccc1)C(C)C. The van der Waals surface area contributed by atoms with E-state index in [9.17, 15) is 9.59 Å². The highest BCUT2D eigenvalue weighted by Gasteiger charge is 2.25. The summed E-state index contributed by atoms with van der Waals surface area (Å²) in [5, 5.41) is 5.70. The Balaban J connectivity index is 2.54. The molecule has 0 bridgehead atoms. The number of hydrogen-bond acceptors (Lipinski definition) is 3. The fraction of sp³-hybridized carbons (Fsp3) is 0.556. The van der Waals surface area contributed by atoms with Gasteiger partial charge in [-0.25, -0.2) is 0 Å². The van der Waals surface area contributed by atoms with E-state index in [0.717, 1.165) is 0 Å². The molecule has 0 aliphatic heterocycles. The van der Waals surface area contributed by atoms with Gasteiger partial charge in [0.2, 0.25) is 5.91 Å². The van der Waals surface area contributed by atoms with Gasteiger partial charge in [0, 0.05) is 6.04 Å². The lowest BCUT2D eigenvalue weighted by molar-refractivity contribution is -0.131. The minimum absolute atomic E-state index is 0.00459. The third-order valence-electron chi connectivity index (χ3n) is 3.75. The van der Waals surface area contributed by atoms with E-state index in [0.29, 0.717) is 11.7 Å². The number of nitrogens with one attached hydrogen (secondary N) is 2. The van der Waals surface area contributed by atoms with Gasteiger partial charge in [0.25, 0.3) is 5.91 Å². The van der Waals surface area contributed by atoms with E-state index in [1.54, 1.807) is 12.1 Å². The first-order valence-corrected chi connectivity index (χ1v) is 8.08. The second-order valence-corrected chi connectivity index (χ2v) is 6.43. The first kappa shape index (κ1) is 19.0. The van der Waals surface area contributed by atoms with Gasteiger partial charge in [0.05, 0.1) is 0 Å². The van der Waals surface area contributed by atoms with Crippen molar-refractivity contribution >= 4 is 11.8 Å². The zero-order chi connectivity index (χ0) is 17.4. The van der Waals surface area contributed by atoms with Crippen molar-refractivity contribution in [3.8, 4) is 5.75 Å². The van der Waals surface area contributed by atoms with Gasteiger partial charge < -0.3 is 15.4 Å². The number of para-hydroxylation sites is 1. The molecule has 0 saturated carbocycles. The molecule has 0 fully saturated rings. The van der Waals surface area contributed by atoms with Gasteiger partial charge in [0.15, 0.2) is 6.61 Å². The number of amides is 2. The van der Waals surface area contributed by atoms with Gasteiger partial charge in [-0.15, -0.1) is 0 Å². The predicted molar refractivity (Wildman–Crippen MR) is 91.1 cm³/mol. The van der Waals surface area contributed by atoms with Crippen LogP contribution in [0.15, 0.2) is 30.3 Å². The molecule has 2 N–H and O–H groups in total. The van der Waals surface area contributed by atoms with Crippen LogP contribution >= 0.6 is 0 Å². The molecule has 0 aliphatic carbocycles. The van der Waals surface area contributed by atoms with E-state index in [-0.39, 0.29) is 30.4 Å². The summed E-state index contributed by atoms with van der Waals surface area (Å²) in [7, 11) is 0. The monoisotopic (exact) mass is 320 g/mol. The summed E-state index contributed by atoms with van der Waals surface area (Å²) in [4.78, 5) is 24.4. The van der Waals surface area contributed by atoms with Crippen LogP contribution < -0.4 is 15.4 Å². The number of benzene rings is 1. The highest BCUT2D eigenvalue weighted by Crippen LogP contribution is 2.08. The van der Waals surface area contributed by atoms with Crippen LogP contribution in [0, 0.1) is 11.8 Å². The smallest absolute Gasteiger partial charge is 0.258 e. The number of carbonyl (C=O) groups excluding carboxylic acids is 2. The maximum Gasteiger partial charge on any atom is 0.258 e. The van der Waals surface area contributed by atoms with Crippen LogP contribution in [0.25, 0.3) is 0 Å². The summed E-state index contributed by atoms with van der Waals surface area (Å²) >= 11 is 0. The van der Waals surface area contributed by atoms with Crippen molar-refractivity contribution in [2.75, 3.05) is 6.61 Å². The zero-order valence-electron chi connectivity index (χ0n) is 14.6. The molecule has 2 unspecified atom stereocenters. The molecule has 128 valence electrons. The van der Waals surface area contributed by atoms with Gasteiger partial charge >= 0.3 is 0 Å². The molecular weight excluding hydrogens is 292 g/mol. The summed E-state index contributed by atoms with van der Waals surface area (Å²) in [5.74, 6) is 0.495. The Morgan fingerprint density at radius 1 is 0.957 bits per heavy atom. The molecule has 5 nitrogen and oxygen atoms in total. The van der Waals surface area contributed by atoms with E-state index in [1.807, 2.05) is 52.8 Å². The van der Waals surface area contributed by atoms with E-state index in [2.05, 4.69) is 10.6 Å². The fourth-order valence-corrected chi connectivity index (χ4v) is 1.90. The average molecular weight is 320 g/mol. The Kier molecular flexibility index (Phi) is 7.59. The maximum absolute atomic E-state index is 12.3. The average Bonchev–Trinajstić information content (AvgIpc) is 2.51. The number of rotatable bonds is 8. The van der Waals surface area contributed by atoms with Crippen LogP contribution in [0.1, 0.15) is 34.6 Å². The molecule has 0 saturated heterocycles. The van der Waals surface area contributed by atoms with Crippen LogP contribution in [-0.2, 0) is 9.59 Å². The van der Waals surface area contributed by atoms with Crippen LogP contribution in [0.3, 0.4) is 0 Å². The van der Waals surface area contributed by atoms with Crippen LogP contribution in [0.4, 0.5) is 0 Å². The Labute approximate surface area is 138 Å². The lowest BCUT2D eigenvalue weighted by Crippen LogP contribution is -2.53. The molecule has 0 aromatic heterocycles. The van der Waals surface area contributed by atoms with Crippen molar-refractivity contribution in [2.45, 2.75) is 46.7 Å². The van der Waals surface area contributed by atoms with E-state index >= 15 is 0 Å². The Morgan fingerprint density at radius 3 is 2.09 bits per heavy atom. The molecule has 1 aromatic rings. The van der Waals surface area contributed by atoms with Crippen LogP contribution in [-0.4, -0.2) is 30.5 Å². The number of carbonyl (C=O) groups is 2. The van der Waals surface area contributed by atoms with Crippen LogP contribution in [0.2, 0.25) is 0 Å². The molecule has 2 atom stereocenters. The molecule has 0 aliphatic rings. The Bertz CT molecular complexity index is 500. The molecule has 0 radical (unpaired) electrons. The Hall–Kier alpha value is -2.04. The summed E-state index contributed by atoms with van der Waals surface area (Å²) in [6.07, 6.45) is 0. The highest BCUT2D eigenvalue weighted by molar-refractivity contribution is 5.88. The van der Waals surface area contributed by atoms with E-state index in [1.165, 1.54) is 0 Å². The molecule has 1 aromatic carbocycles. The van der Waals surface area contributed by atoms with Crippen molar-refractivity contribution in [3.05, 3.63) is 30.3 Å². The lowest BCUT2D eigenvalue weighted by Gasteiger charge is -2.25. The molecular formula is C18H28N2O3. The third kappa shape index (κ3) is 6.72. The molecule has 1 rings (SSSR count). The van der Waals surface area contributed by atoms with Crippen molar-refractivity contribution in [3.63, 3.8) is 0 Å². The highest BCUT2D eigenvalue weighted by atomic mass is 16.5. The topological polar surface area (TPSA) is 67.4 Å². The molecule has 23 heavy (non-hydrogen) atoms. The molecule has 2 amide bonds. The third-order valence-corrected chi connectivity index (χ3v) is 3.75.